The summed E-state index contributed by atoms with van der Waals surface area (Å²) >= 11 is 0. The van der Waals surface area contributed by atoms with Crippen molar-refractivity contribution in [2.75, 3.05) is 12.4 Å². The van der Waals surface area contributed by atoms with Crippen LogP contribution in [0.4, 0.5) is 5.69 Å². The lowest BCUT2D eigenvalue weighted by molar-refractivity contribution is -0.139. The van der Waals surface area contributed by atoms with Crippen molar-refractivity contribution in [1.29, 1.82) is 0 Å². The van der Waals surface area contributed by atoms with Crippen molar-refractivity contribution in [3.05, 3.63) is 59.7 Å². The lowest BCUT2D eigenvalue weighted by Gasteiger charge is -2.14. The summed E-state index contributed by atoms with van der Waals surface area (Å²) in [6.07, 6.45) is 0.488. The van der Waals surface area contributed by atoms with Gasteiger partial charge in [-0.25, -0.2) is 13.1 Å². The van der Waals surface area contributed by atoms with E-state index in [1.54, 1.807) is 24.3 Å². The Morgan fingerprint density at radius 3 is 2.07 bits per heavy atom. The fraction of sp³-hybridized carbons (Fsp3) is 0.211. The van der Waals surface area contributed by atoms with Crippen molar-refractivity contribution in [2.24, 2.45) is 0 Å². The van der Waals surface area contributed by atoms with Crippen LogP contribution in [0.25, 0.3) is 0 Å². The summed E-state index contributed by atoms with van der Waals surface area (Å²) in [6.45, 7) is 0.195. The molecule has 1 heterocycles. The summed E-state index contributed by atoms with van der Waals surface area (Å²) in [7, 11) is -2.21. The monoisotopic (exact) mass is 401 g/mol. The number of likely N-dealkylation sites (tertiary alicyclic amines) is 1. The second kappa shape index (κ2) is 7.91. The first-order valence-corrected chi connectivity index (χ1v) is 10.1. The summed E-state index contributed by atoms with van der Waals surface area (Å²) in [6, 6.07) is 12.4. The second-order valence-electron chi connectivity index (χ2n) is 6.26. The van der Waals surface area contributed by atoms with Crippen LogP contribution in [0.3, 0.4) is 0 Å². The third-order valence-corrected chi connectivity index (χ3v) is 5.83. The molecule has 146 valence electrons. The van der Waals surface area contributed by atoms with E-state index in [0.29, 0.717) is 11.3 Å². The average Bonchev–Trinajstić information content (AvgIpc) is 3.01. The molecule has 1 fully saturated rings. The summed E-state index contributed by atoms with van der Waals surface area (Å²) in [4.78, 5) is 37.0. The third-order valence-electron chi connectivity index (χ3n) is 4.40. The molecule has 0 aromatic heterocycles. The van der Waals surface area contributed by atoms with Crippen molar-refractivity contribution in [1.82, 2.24) is 9.62 Å². The minimum Gasteiger partial charge on any atom is -0.322 e. The number of amides is 3. The van der Waals surface area contributed by atoms with Gasteiger partial charge in [0.05, 0.1) is 11.4 Å². The first-order chi connectivity index (χ1) is 13.3. The quantitative estimate of drug-likeness (QED) is 0.712. The molecule has 2 aromatic rings. The van der Waals surface area contributed by atoms with Crippen LogP contribution >= 0.6 is 0 Å². The van der Waals surface area contributed by atoms with E-state index in [4.69, 9.17) is 0 Å². The van der Waals surface area contributed by atoms with Crippen LogP contribution in [0.1, 0.15) is 28.8 Å². The Hall–Kier alpha value is -3.04. The number of imide groups is 1. The van der Waals surface area contributed by atoms with E-state index in [9.17, 15) is 22.8 Å². The molecule has 1 aliphatic heterocycles. The molecule has 1 saturated heterocycles. The molecule has 28 heavy (non-hydrogen) atoms. The predicted molar refractivity (Wildman–Crippen MR) is 102 cm³/mol. The minimum absolute atomic E-state index is 0.100. The van der Waals surface area contributed by atoms with Gasteiger partial charge in [-0.05, 0) is 49.0 Å². The maximum atomic E-state index is 12.4. The third kappa shape index (κ3) is 4.26. The van der Waals surface area contributed by atoms with Gasteiger partial charge in [-0.2, -0.15) is 0 Å². The molecule has 3 rings (SSSR count). The molecule has 2 N–H and O–H groups in total. The van der Waals surface area contributed by atoms with Gasteiger partial charge in [0.15, 0.2) is 0 Å². The fourth-order valence-electron chi connectivity index (χ4n) is 2.78. The van der Waals surface area contributed by atoms with Crippen LogP contribution in [0, 0.1) is 0 Å². The number of nitrogens with zero attached hydrogens (tertiary/aromatic N) is 1. The SMILES string of the molecule is CNS(=O)(=O)c1ccc(NC(=O)c2ccc(CN3C(=O)CCC3=O)cc2)cc1. The highest BCUT2D eigenvalue weighted by molar-refractivity contribution is 7.89. The molecule has 0 aliphatic carbocycles. The number of anilines is 1. The Bertz CT molecular complexity index is 999. The maximum Gasteiger partial charge on any atom is 0.255 e. The van der Waals surface area contributed by atoms with Crippen molar-refractivity contribution >= 4 is 33.4 Å². The molecule has 9 heteroatoms. The molecule has 2 aromatic carbocycles. The van der Waals surface area contributed by atoms with Gasteiger partial charge in [-0.3, -0.25) is 19.3 Å². The van der Waals surface area contributed by atoms with Crippen molar-refractivity contribution in [2.45, 2.75) is 24.3 Å². The predicted octanol–water partition coefficient (Wildman–Crippen LogP) is 1.50. The number of benzene rings is 2. The molecular weight excluding hydrogens is 382 g/mol. The van der Waals surface area contributed by atoms with Crippen LogP contribution in [0.15, 0.2) is 53.4 Å². The fourth-order valence-corrected chi connectivity index (χ4v) is 3.51. The van der Waals surface area contributed by atoms with Crippen LogP contribution in [0.2, 0.25) is 0 Å². The van der Waals surface area contributed by atoms with Crippen molar-refractivity contribution < 1.29 is 22.8 Å². The van der Waals surface area contributed by atoms with E-state index in [2.05, 4.69) is 10.0 Å². The molecule has 0 spiro atoms. The van der Waals surface area contributed by atoms with Crippen LogP contribution < -0.4 is 10.0 Å². The Labute approximate surface area is 162 Å². The molecule has 1 aliphatic rings. The zero-order chi connectivity index (χ0) is 20.3. The number of rotatable bonds is 6. The molecule has 0 saturated carbocycles. The molecule has 0 atom stereocenters. The van der Waals surface area contributed by atoms with E-state index in [0.717, 1.165) is 5.56 Å². The highest BCUT2D eigenvalue weighted by Gasteiger charge is 2.28. The number of sulfonamides is 1. The van der Waals surface area contributed by atoms with Gasteiger partial charge in [0.1, 0.15) is 0 Å². The Morgan fingerprint density at radius 2 is 1.54 bits per heavy atom. The van der Waals surface area contributed by atoms with Crippen molar-refractivity contribution in [3.8, 4) is 0 Å². The summed E-state index contributed by atoms with van der Waals surface area (Å²) in [5.74, 6) is -0.727. The molecule has 0 unspecified atom stereocenters. The Morgan fingerprint density at radius 1 is 0.964 bits per heavy atom. The zero-order valence-corrected chi connectivity index (χ0v) is 16.0. The van der Waals surface area contributed by atoms with Crippen LogP contribution in [0.5, 0.6) is 0 Å². The van der Waals surface area contributed by atoms with Gasteiger partial charge in [-0.1, -0.05) is 12.1 Å². The van der Waals surface area contributed by atoms with Gasteiger partial charge in [0.2, 0.25) is 21.8 Å². The van der Waals surface area contributed by atoms with Crippen molar-refractivity contribution in [3.63, 3.8) is 0 Å². The average molecular weight is 401 g/mol. The molecule has 0 bridgehead atoms. The molecule has 0 radical (unpaired) electrons. The number of carbonyl (C=O) groups is 3. The molecular formula is C19H19N3O5S. The molecule has 3 amide bonds. The first-order valence-electron chi connectivity index (χ1n) is 8.57. The van der Waals surface area contributed by atoms with Gasteiger partial charge in [-0.15, -0.1) is 0 Å². The number of carbonyl (C=O) groups excluding carboxylic acids is 3. The lowest BCUT2D eigenvalue weighted by Crippen LogP contribution is -2.28. The maximum absolute atomic E-state index is 12.4. The lowest BCUT2D eigenvalue weighted by atomic mass is 10.1. The zero-order valence-electron chi connectivity index (χ0n) is 15.1. The van der Waals surface area contributed by atoms with E-state index in [1.165, 1.54) is 36.2 Å². The highest BCUT2D eigenvalue weighted by atomic mass is 32.2. The number of hydrogen-bond donors (Lipinski definition) is 2. The van der Waals surface area contributed by atoms with E-state index in [-0.39, 0.29) is 42.0 Å². The Balaban J connectivity index is 1.65. The smallest absolute Gasteiger partial charge is 0.255 e. The van der Waals surface area contributed by atoms with E-state index in [1.807, 2.05) is 0 Å². The normalized spacial score (nSPS) is 14.4. The standard InChI is InChI=1S/C19H19N3O5S/c1-20-28(26,27)16-8-6-15(7-9-16)21-19(25)14-4-2-13(3-5-14)12-22-17(23)10-11-18(22)24/h2-9,20H,10-12H2,1H3,(H,21,25). The minimum atomic E-state index is -3.53. The largest absolute Gasteiger partial charge is 0.322 e. The van der Waals surface area contributed by atoms with Crippen LogP contribution in [-0.2, 0) is 26.2 Å². The van der Waals surface area contributed by atoms with Gasteiger partial charge in [0.25, 0.3) is 5.91 Å². The van der Waals surface area contributed by atoms with Crippen LogP contribution in [-0.4, -0.2) is 38.1 Å². The number of nitrogens with one attached hydrogen (secondary N) is 2. The summed E-state index contributed by atoms with van der Waals surface area (Å²) < 4.78 is 25.6. The van der Waals surface area contributed by atoms with E-state index < -0.39 is 10.0 Å². The topological polar surface area (TPSA) is 113 Å². The molecule has 8 nitrogen and oxygen atoms in total. The Kier molecular flexibility index (Phi) is 5.57. The summed E-state index contributed by atoms with van der Waals surface area (Å²) in [5, 5.41) is 2.69. The number of hydrogen-bond acceptors (Lipinski definition) is 5. The van der Waals surface area contributed by atoms with Gasteiger partial charge < -0.3 is 5.32 Å². The van der Waals surface area contributed by atoms with E-state index >= 15 is 0 Å². The van der Waals surface area contributed by atoms with Gasteiger partial charge >= 0.3 is 0 Å². The van der Waals surface area contributed by atoms with Gasteiger partial charge in [0, 0.05) is 24.1 Å². The second-order valence-corrected chi connectivity index (χ2v) is 8.14. The highest BCUT2D eigenvalue weighted by Crippen LogP contribution is 2.18. The first kappa shape index (κ1) is 19.7. The summed E-state index contributed by atoms with van der Waals surface area (Å²) in [5.41, 5.74) is 1.61.